The SMILES string of the molecule is Fc1cc2c3cc(F)c(F)cc3[s+](-c3ccccc3)c2cc1F. The van der Waals surface area contributed by atoms with E-state index in [0.29, 0.717) is 20.2 Å². The van der Waals surface area contributed by atoms with Gasteiger partial charge in [0.15, 0.2) is 37.6 Å². The zero-order valence-corrected chi connectivity index (χ0v) is 12.4. The third-order valence-corrected chi connectivity index (χ3v) is 6.05. The highest BCUT2D eigenvalue weighted by atomic mass is 32.2. The largest absolute Gasteiger partial charge is 0.204 e. The second-order valence-corrected chi connectivity index (χ2v) is 7.11. The van der Waals surface area contributed by atoms with E-state index in [0.717, 1.165) is 29.2 Å². The molecule has 0 spiro atoms. The fourth-order valence-electron chi connectivity index (χ4n) is 2.74. The Morgan fingerprint density at radius 2 is 1.00 bits per heavy atom. The predicted octanol–water partition coefficient (Wildman–Crippen LogP) is 6.29. The molecule has 0 saturated heterocycles. The van der Waals surface area contributed by atoms with Gasteiger partial charge in [0, 0.05) is 22.6 Å². The van der Waals surface area contributed by atoms with Gasteiger partial charge in [0.1, 0.15) is 0 Å². The Labute approximate surface area is 131 Å². The van der Waals surface area contributed by atoms with Crippen LogP contribution in [-0.4, -0.2) is 0 Å². The molecule has 114 valence electrons. The van der Waals surface area contributed by atoms with Gasteiger partial charge in [-0.15, -0.1) is 0 Å². The molecule has 23 heavy (non-hydrogen) atoms. The Kier molecular flexibility index (Phi) is 3.13. The number of halogens is 4. The lowest BCUT2D eigenvalue weighted by atomic mass is 10.1. The number of fused-ring (bicyclic) bond motifs is 3. The van der Waals surface area contributed by atoms with Crippen LogP contribution < -0.4 is 0 Å². The van der Waals surface area contributed by atoms with Crippen molar-refractivity contribution in [3.05, 3.63) is 77.9 Å². The van der Waals surface area contributed by atoms with E-state index in [4.69, 9.17) is 0 Å². The van der Waals surface area contributed by atoms with Crippen molar-refractivity contribution in [3.63, 3.8) is 0 Å². The number of hydrogen-bond donors (Lipinski definition) is 0. The summed E-state index contributed by atoms with van der Waals surface area (Å²) in [4.78, 5) is 0.838. The lowest BCUT2D eigenvalue weighted by Gasteiger charge is -1.94. The maximum Gasteiger partial charge on any atom is 0.190 e. The molecule has 0 bridgehead atoms. The van der Waals surface area contributed by atoms with Crippen LogP contribution in [0.5, 0.6) is 0 Å². The van der Waals surface area contributed by atoms with Gasteiger partial charge in [-0.1, -0.05) is 18.2 Å². The average molecular weight is 333 g/mol. The third-order valence-electron chi connectivity index (χ3n) is 3.75. The molecular weight excluding hydrogens is 324 g/mol. The summed E-state index contributed by atoms with van der Waals surface area (Å²) < 4.78 is 55.8. The molecule has 0 unspecified atom stereocenters. The van der Waals surface area contributed by atoms with Crippen molar-refractivity contribution in [2.75, 3.05) is 0 Å². The van der Waals surface area contributed by atoms with Gasteiger partial charge in [0.2, 0.25) is 0 Å². The highest BCUT2D eigenvalue weighted by Crippen LogP contribution is 2.49. The third kappa shape index (κ3) is 2.11. The minimum absolute atomic E-state index is 0.407. The Bertz CT molecular complexity index is 986. The molecule has 4 rings (SSSR count). The first-order valence-electron chi connectivity index (χ1n) is 6.84. The number of rotatable bonds is 1. The van der Waals surface area contributed by atoms with Crippen molar-refractivity contribution in [1.29, 1.82) is 0 Å². The van der Waals surface area contributed by atoms with Crippen molar-refractivity contribution in [2.45, 2.75) is 0 Å². The highest BCUT2D eigenvalue weighted by molar-refractivity contribution is 7.50. The maximum absolute atomic E-state index is 13.7. The van der Waals surface area contributed by atoms with Gasteiger partial charge in [-0.3, -0.25) is 0 Å². The van der Waals surface area contributed by atoms with E-state index < -0.39 is 33.7 Å². The van der Waals surface area contributed by atoms with E-state index in [2.05, 4.69) is 0 Å². The summed E-state index contributed by atoms with van der Waals surface area (Å²) in [5.41, 5.74) is 0. The average Bonchev–Trinajstić information content (AvgIpc) is 2.82. The van der Waals surface area contributed by atoms with E-state index in [1.165, 1.54) is 0 Å². The Morgan fingerprint density at radius 3 is 1.48 bits per heavy atom. The van der Waals surface area contributed by atoms with Crippen LogP contribution in [-0.2, 0) is 0 Å². The standard InChI is InChI=1S/C18H9F4S/c19-13-6-11-12-7-14(20)16(22)9-18(12)23(17(11)8-15(13)21)10-4-2-1-3-5-10/h1-9H/q+1. The summed E-state index contributed by atoms with van der Waals surface area (Å²) in [6.07, 6.45) is 0. The topological polar surface area (TPSA) is 0 Å². The molecule has 0 aliphatic heterocycles. The van der Waals surface area contributed by atoms with Crippen molar-refractivity contribution >= 4 is 30.6 Å². The molecule has 0 saturated carbocycles. The molecule has 5 heteroatoms. The molecular formula is C18H9F4S+. The molecule has 0 aliphatic rings. The molecule has 1 heterocycles. The van der Waals surface area contributed by atoms with E-state index in [9.17, 15) is 17.6 Å². The van der Waals surface area contributed by atoms with Gasteiger partial charge in [0.05, 0.1) is 10.8 Å². The first kappa shape index (κ1) is 14.2. The van der Waals surface area contributed by atoms with Crippen LogP contribution in [0.15, 0.2) is 54.6 Å². The first-order chi connectivity index (χ1) is 11.1. The van der Waals surface area contributed by atoms with Crippen molar-refractivity contribution < 1.29 is 17.6 Å². The van der Waals surface area contributed by atoms with Crippen LogP contribution in [0.3, 0.4) is 0 Å². The Hall–Kier alpha value is -2.40. The van der Waals surface area contributed by atoms with E-state index in [1.54, 1.807) is 0 Å². The lowest BCUT2D eigenvalue weighted by molar-refractivity contribution is 0.510. The van der Waals surface area contributed by atoms with E-state index >= 15 is 0 Å². The normalized spacial score (nSPS) is 11.5. The Balaban J connectivity index is 2.25. The summed E-state index contributed by atoms with van der Waals surface area (Å²) in [7, 11) is -0.791. The highest BCUT2D eigenvalue weighted by Gasteiger charge is 2.27. The second kappa shape index (κ2) is 5.06. The van der Waals surface area contributed by atoms with Crippen LogP contribution in [0.2, 0.25) is 0 Å². The number of thiophene rings is 1. The van der Waals surface area contributed by atoms with Crippen LogP contribution in [0.1, 0.15) is 0 Å². The number of hydrogen-bond acceptors (Lipinski definition) is 0. The molecule has 4 aromatic rings. The number of benzene rings is 3. The van der Waals surface area contributed by atoms with Crippen molar-refractivity contribution in [3.8, 4) is 4.90 Å². The maximum atomic E-state index is 13.7. The van der Waals surface area contributed by atoms with E-state index in [-0.39, 0.29) is 0 Å². The molecule has 0 fully saturated rings. The predicted molar refractivity (Wildman–Crippen MR) is 85.1 cm³/mol. The van der Waals surface area contributed by atoms with Gasteiger partial charge >= 0.3 is 0 Å². The fourth-order valence-corrected chi connectivity index (χ4v) is 5.14. The van der Waals surface area contributed by atoms with Crippen molar-refractivity contribution in [2.24, 2.45) is 0 Å². The Morgan fingerprint density at radius 1 is 0.565 bits per heavy atom. The lowest BCUT2D eigenvalue weighted by Crippen LogP contribution is -1.83. The summed E-state index contributed by atoms with van der Waals surface area (Å²) in [5.74, 6) is -3.94. The quantitative estimate of drug-likeness (QED) is 0.284. The summed E-state index contributed by atoms with van der Waals surface area (Å²) in [6.45, 7) is 0. The summed E-state index contributed by atoms with van der Waals surface area (Å²) in [6, 6.07) is 13.5. The zero-order valence-electron chi connectivity index (χ0n) is 11.6. The van der Waals surface area contributed by atoms with Gasteiger partial charge < -0.3 is 0 Å². The smallest absolute Gasteiger partial charge is 0.190 e. The molecule has 0 radical (unpaired) electrons. The first-order valence-corrected chi connectivity index (χ1v) is 8.06. The summed E-state index contributed by atoms with van der Waals surface area (Å²) in [5, 5.41) is 0.815. The van der Waals surface area contributed by atoms with Crippen molar-refractivity contribution in [1.82, 2.24) is 0 Å². The molecule has 1 aromatic heterocycles. The van der Waals surface area contributed by atoms with Gasteiger partial charge in [-0.05, 0) is 24.3 Å². The molecule has 0 amide bonds. The monoisotopic (exact) mass is 333 g/mol. The molecule has 0 aliphatic carbocycles. The van der Waals surface area contributed by atoms with Crippen LogP contribution in [0.4, 0.5) is 17.6 Å². The second-order valence-electron chi connectivity index (χ2n) is 5.14. The fraction of sp³-hybridized carbons (Fsp3) is 0. The van der Waals surface area contributed by atoms with Gasteiger partial charge in [-0.2, -0.15) is 0 Å². The van der Waals surface area contributed by atoms with Crippen LogP contribution in [0.25, 0.3) is 25.1 Å². The molecule has 0 atom stereocenters. The zero-order chi connectivity index (χ0) is 16.1. The van der Waals surface area contributed by atoms with Gasteiger partial charge in [-0.25, -0.2) is 17.6 Å². The molecule has 0 N–H and O–H groups in total. The van der Waals surface area contributed by atoms with Crippen LogP contribution in [0, 0.1) is 23.3 Å². The minimum Gasteiger partial charge on any atom is -0.204 e. The summed E-state index contributed by atoms with van der Waals surface area (Å²) >= 11 is 0. The van der Waals surface area contributed by atoms with E-state index in [1.807, 2.05) is 30.3 Å². The minimum atomic E-state index is -1.00. The molecule has 3 aromatic carbocycles. The molecule has 0 nitrogen and oxygen atoms in total. The van der Waals surface area contributed by atoms with Gasteiger partial charge in [0.25, 0.3) is 0 Å². The van der Waals surface area contributed by atoms with Crippen LogP contribution >= 0.6 is 10.5 Å².